The van der Waals surface area contributed by atoms with Gasteiger partial charge in [-0.1, -0.05) is 24.3 Å². The van der Waals surface area contributed by atoms with Crippen LogP contribution in [0, 0.1) is 11.8 Å². The largest absolute Gasteiger partial charge is 0.308 e. The maximum atomic E-state index is 13.7. The van der Waals surface area contributed by atoms with Gasteiger partial charge in [-0.15, -0.1) is 0 Å². The molecule has 2 heterocycles. The second kappa shape index (κ2) is 8.18. The number of aryl methyl sites for hydroxylation is 1. The SMILES string of the molecule is O=C(CCc1cccnc1F)Nc1nn(Cc2ccccc2F)cc1Br. The zero-order valence-corrected chi connectivity index (χ0v) is 15.2. The van der Waals surface area contributed by atoms with Gasteiger partial charge in [0.1, 0.15) is 5.82 Å². The fourth-order valence-corrected chi connectivity index (χ4v) is 2.83. The Bertz CT molecular complexity index is 929. The highest BCUT2D eigenvalue weighted by atomic mass is 79.9. The first-order chi connectivity index (χ1) is 12.5. The molecule has 0 spiro atoms. The molecule has 0 bridgehead atoms. The van der Waals surface area contributed by atoms with Crippen LogP contribution < -0.4 is 5.32 Å². The van der Waals surface area contributed by atoms with Crippen LogP contribution in [0.1, 0.15) is 17.5 Å². The number of anilines is 1. The van der Waals surface area contributed by atoms with Gasteiger partial charge < -0.3 is 5.32 Å². The molecule has 8 heteroatoms. The number of nitrogens with zero attached hydrogens (tertiary/aromatic N) is 3. The Morgan fingerprint density at radius 3 is 2.69 bits per heavy atom. The monoisotopic (exact) mass is 420 g/mol. The van der Waals surface area contributed by atoms with E-state index in [1.165, 1.54) is 16.9 Å². The first-order valence-electron chi connectivity index (χ1n) is 7.88. The summed E-state index contributed by atoms with van der Waals surface area (Å²) in [5.41, 5.74) is 0.874. The topological polar surface area (TPSA) is 59.8 Å². The van der Waals surface area contributed by atoms with E-state index in [4.69, 9.17) is 0 Å². The van der Waals surface area contributed by atoms with Crippen molar-refractivity contribution in [1.82, 2.24) is 14.8 Å². The summed E-state index contributed by atoms with van der Waals surface area (Å²) < 4.78 is 29.3. The molecule has 5 nitrogen and oxygen atoms in total. The van der Waals surface area contributed by atoms with Crippen LogP contribution in [-0.2, 0) is 17.8 Å². The molecule has 134 valence electrons. The molecule has 0 fully saturated rings. The molecular formula is C18H15BrF2N4O. The molecule has 0 radical (unpaired) electrons. The molecular weight excluding hydrogens is 406 g/mol. The van der Waals surface area contributed by atoms with E-state index in [1.807, 2.05) is 0 Å². The number of amides is 1. The van der Waals surface area contributed by atoms with Gasteiger partial charge in [-0.05, 0) is 34.5 Å². The van der Waals surface area contributed by atoms with Crippen LogP contribution >= 0.6 is 15.9 Å². The fraction of sp³-hybridized carbons (Fsp3) is 0.167. The summed E-state index contributed by atoms with van der Waals surface area (Å²) in [5, 5.41) is 6.91. The van der Waals surface area contributed by atoms with Gasteiger partial charge in [-0.3, -0.25) is 9.48 Å². The van der Waals surface area contributed by atoms with Crippen molar-refractivity contribution in [3.05, 3.63) is 76.2 Å². The predicted molar refractivity (Wildman–Crippen MR) is 96.6 cm³/mol. The summed E-state index contributed by atoms with van der Waals surface area (Å²) >= 11 is 3.32. The van der Waals surface area contributed by atoms with Gasteiger partial charge in [0.15, 0.2) is 5.82 Å². The molecule has 26 heavy (non-hydrogen) atoms. The minimum atomic E-state index is -0.573. The Morgan fingerprint density at radius 2 is 1.92 bits per heavy atom. The van der Waals surface area contributed by atoms with Crippen LogP contribution in [0.5, 0.6) is 0 Å². The summed E-state index contributed by atoms with van der Waals surface area (Å²) in [6.07, 6.45) is 3.34. The third-order valence-electron chi connectivity index (χ3n) is 3.72. The summed E-state index contributed by atoms with van der Waals surface area (Å²) in [7, 11) is 0. The van der Waals surface area contributed by atoms with E-state index in [0.717, 1.165) is 0 Å². The number of nitrogens with one attached hydrogen (secondary N) is 1. The Hall–Kier alpha value is -2.61. The van der Waals surface area contributed by atoms with Gasteiger partial charge in [0.05, 0.1) is 11.0 Å². The van der Waals surface area contributed by atoms with E-state index in [2.05, 4.69) is 31.3 Å². The van der Waals surface area contributed by atoms with E-state index in [1.54, 1.807) is 36.5 Å². The van der Waals surface area contributed by atoms with Crippen molar-refractivity contribution in [2.24, 2.45) is 0 Å². The van der Waals surface area contributed by atoms with Gasteiger partial charge in [-0.25, -0.2) is 9.37 Å². The molecule has 1 amide bonds. The average Bonchev–Trinajstić information content (AvgIpc) is 2.95. The quantitative estimate of drug-likeness (QED) is 0.614. The minimum Gasteiger partial charge on any atom is -0.308 e. The van der Waals surface area contributed by atoms with Crippen molar-refractivity contribution in [3.8, 4) is 0 Å². The third kappa shape index (κ3) is 4.51. The van der Waals surface area contributed by atoms with Gasteiger partial charge in [0, 0.05) is 29.9 Å². The first-order valence-corrected chi connectivity index (χ1v) is 8.68. The highest BCUT2D eigenvalue weighted by Crippen LogP contribution is 2.21. The van der Waals surface area contributed by atoms with Crippen molar-refractivity contribution >= 4 is 27.7 Å². The molecule has 0 atom stereocenters. The first kappa shape index (κ1) is 18.2. The highest BCUT2D eigenvalue weighted by molar-refractivity contribution is 9.10. The lowest BCUT2D eigenvalue weighted by atomic mass is 10.1. The maximum Gasteiger partial charge on any atom is 0.225 e. The zero-order chi connectivity index (χ0) is 18.5. The molecule has 3 aromatic rings. The molecule has 3 rings (SSSR count). The van der Waals surface area contributed by atoms with Crippen LogP contribution in [0.2, 0.25) is 0 Å². The molecule has 0 saturated carbocycles. The molecule has 1 N–H and O–H groups in total. The van der Waals surface area contributed by atoms with Crippen LogP contribution in [0.25, 0.3) is 0 Å². The van der Waals surface area contributed by atoms with Crippen LogP contribution in [0.15, 0.2) is 53.3 Å². The second-order valence-electron chi connectivity index (χ2n) is 5.62. The number of pyridine rings is 1. The Balaban J connectivity index is 1.61. The third-order valence-corrected chi connectivity index (χ3v) is 4.30. The standard InChI is InChI=1S/C18H15BrF2N4O/c19-14-11-25(10-13-4-1-2-6-15(13)20)24-18(14)23-16(26)8-7-12-5-3-9-22-17(12)21/h1-6,9,11H,7-8,10H2,(H,23,24,26). The van der Waals surface area contributed by atoms with E-state index >= 15 is 0 Å². The predicted octanol–water partition coefficient (Wildman–Crippen LogP) is 3.94. The van der Waals surface area contributed by atoms with Crippen LogP contribution in [-0.4, -0.2) is 20.7 Å². The van der Waals surface area contributed by atoms with Gasteiger partial charge in [0.2, 0.25) is 11.9 Å². The van der Waals surface area contributed by atoms with E-state index in [0.29, 0.717) is 21.4 Å². The number of aromatic nitrogens is 3. The lowest BCUT2D eigenvalue weighted by molar-refractivity contribution is -0.116. The highest BCUT2D eigenvalue weighted by Gasteiger charge is 2.12. The molecule has 0 aliphatic rings. The molecule has 1 aromatic carbocycles. The summed E-state index contributed by atoms with van der Waals surface area (Å²) in [4.78, 5) is 15.6. The number of carbonyl (C=O) groups excluding carboxylic acids is 1. The average molecular weight is 421 g/mol. The minimum absolute atomic E-state index is 0.0925. The van der Waals surface area contributed by atoms with Crippen molar-refractivity contribution in [2.75, 3.05) is 5.32 Å². The second-order valence-corrected chi connectivity index (χ2v) is 6.47. The van der Waals surface area contributed by atoms with E-state index in [9.17, 15) is 13.6 Å². The van der Waals surface area contributed by atoms with Crippen molar-refractivity contribution < 1.29 is 13.6 Å². The van der Waals surface area contributed by atoms with Crippen molar-refractivity contribution in [2.45, 2.75) is 19.4 Å². The van der Waals surface area contributed by atoms with Crippen molar-refractivity contribution in [1.29, 1.82) is 0 Å². The number of benzene rings is 1. The molecule has 0 unspecified atom stereocenters. The molecule has 2 aromatic heterocycles. The molecule has 0 aliphatic heterocycles. The number of rotatable bonds is 6. The van der Waals surface area contributed by atoms with E-state index in [-0.39, 0.29) is 31.1 Å². The number of hydrogen-bond acceptors (Lipinski definition) is 3. The lowest BCUT2D eigenvalue weighted by Gasteiger charge is -2.04. The zero-order valence-electron chi connectivity index (χ0n) is 13.6. The molecule has 0 saturated heterocycles. The number of carbonyl (C=O) groups is 1. The smallest absolute Gasteiger partial charge is 0.225 e. The van der Waals surface area contributed by atoms with Crippen LogP contribution in [0.3, 0.4) is 0 Å². The normalized spacial score (nSPS) is 10.7. The van der Waals surface area contributed by atoms with Gasteiger partial charge >= 0.3 is 0 Å². The summed E-state index contributed by atoms with van der Waals surface area (Å²) in [6, 6.07) is 9.64. The summed E-state index contributed by atoms with van der Waals surface area (Å²) in [6.45, 7) is 0.238. The number of hydrogen-bond donors (Lipinski definition) is 1. The van der Waals surface area contributed by atoms with Crippen LogP contribution in [0.4, 0.5) is 14.6 Å². The maximum absolute atomic E-state index is 13.7. The fourth-order valence-electron chi connectivity index (χ4n) is 2.41. The van der Waals surface area contributed by atoms with Gasteiger partial charge in [0.25, 0.3) is 0 Å². The summed E-state index contributed by atoms with van der Waals surface area (Å²) in [5.74, 6) is -0.859. The molecule has 0 aliphatic carbocycles. The van der Waals surface area contributed by atoms with E-state index < -0.39 is 5.95 Å². The Labute approximate surface area is 157 Å². The van der Waals surface area contributed by atoms with Gasteiger partial charge in [-0.2, -0.15) is 9.49 Å². The Kier molecular flexibility index (Phi) is 5.72. The Morgan fingerprint density at radius 1 is 1.15 bits per heavy atom. The number of halogens is 3. The van der Waals surface area contributed by atoms with Crippen molar-refractivity contribution in [3.63, 3.8) is 0 Å². The lowest BCUT2D eigenvalue weighted by Crippen LogP contribution is -2.14.